The molecule has 0 spiro atoms. The van der Waals surface area contributed by atoms with Crippen LogP contribution in [0.2, 0.25) is 0 Å². The summed E-state index contributed by atoms with van der Waals surface area (Å²) in [5.74, 6) is 0. The summed E-state index contributed by atoms with van der Waals surface area (Å²) in [6.45, 7) is 26.4. The highest BCUT2D eigenvalue weighted by atomic mass is 31.2. The standard InChI is InChI=1S/C37H47O3P/c1-34(2,3)27-15-13-23-19-29(31(36(7,8)9)21-25(23)17-27)33(40-41(38)39)30-20-24-14-16-28(35(4,5)6)18-26(24)22-32(30)37(10,11)12/h13-22,33H,1-12H3/q-2. The van der Waals surface area contributed by atoms with E-state index in [1.165, 1.54) is 11.1 Å². The van der Waals surface area contributed by atoms with Gasteiger partial charge in [-0.3, -0.25) is 0 Å². The first-order valence-corrected chi connectivity index (χ1v) is 15.7. The van der Waals surface area contributed by atoms with Crippen molar-refractivity contribution in [2.75, 3.05) is 0 Å². The molecule has 0 amide bonds. The highest BCUT2D eigenvalue weighted by Crippen LogP contribution is 2.45. The Morgan fingerprint density at radius 1 is 0.488 bits per heavy atom. The molecular weight excluding hydrogens is 523 g/mol. The van der Waals surface area contributed by atoms with Gasteiger partial charge in [0.1, 0.15) is 6.10 Å². The average Bonchev–Trinajstić information content (AvgIpc) is 2.82. The molecule has 4 heteroatoms. The number of benzene rings is 4. The molecule has 0 aliphatic carbocycles. The monoisotopic (exact) mass is 570 g/mol. The zero-order chi connectivity index (χ0) is 30.7. The predicted molar refractivity (Wildman–Crippen MR) is 173 cm³/mol. The number of hydrogen-bond donors (Lipinski definition) is 0. The van der Waals surface area contributed by atoms with Gasteiger partial charge in [0.05, 0.1) is 0 Å². The second-order valence-electron chi connectivity index (χ2n) is 15.7. The SMILES string of the molecule is CC(C)(C)c1ccc2cc(C(OP([O-])[O-])c3cc4ccc(C(C)(C)C)cc4cc3C(C)(C)C)c(C(C)(C)C)cc2c1. The van der Waals surface area contributed by atoms with Crippen molar-refractivity contribution >= 4 is 30.1 Å². The lowest BCUT2D eigenvalue weighted by atomic mass is 9.75. The first-order valence-electron chi connectivity index (χ1n) is 14.6. The lowest BCUT2D eigenvalue weighted by molar-refractivity contribution is -0.320. The van der Waals surface area contributed by atoms with E-state index in [2.05, 4.69) is 144 Å². The third kappa shape index (κ3) is 6.86. The van der Waals surface area contributed by atoms with Gasteiger partial charge in [-0.05, 0) is 88.7 Å². The Morgan fingerprint density at radius 2 is 0.854 bits per heavy atom. The molecule has 0 aliphatic rings. The Kier molecular flexibility index (Phi) is 8.31. The van der Waals surface area contributed by atoms with Gasteiger partial charge in [0.2, 0.25) is 0 Å². The van der Waals surface area contributed by atoms with Crippen molar-refractivity contribution in [1.82, 2.24) is 0 Å². The summed E-state index contributed by atoms with van der Waals surface area (Å²) in [7, 11) is -3.11. The summed E-state index contributed by atoms with van der Waals surface area (Å²) >= 11 is 0. The molecule has 0 atom stereocenters. The zero-order valence-corrected chi connectivity index (χ0v) is 27.9. The Hall–Kier alpha value is -2.29. The second kappa shape index (κ2) is 10.8. The van der Waals surface area contributed by atoms with E-state index in [1.54, 1.807) is 0 Å². The molecule has 0 aromatic heterocycles. The van der Waals surface area contributed by atoms with Crippen molar-refractivity contribution in [2.45, 2.75) is 111 Å². The van der Waals surface area contributed by atoms with Crippen molar-refractivity contribution in [3.05, 3.63) is 94.0 Å². The van der Waals surface area contributed by atoms with Crippen LogP contribution < -0.4 is 9.79 Å². The highest BCUT2D eigenvalue weighted by molar-refractivity contribution is 7.36. The molecular formula is C37H47O3P-2. The normalized spacial score (nSPS) is 13.7. The maximum absolute atomic E-state index is 12.3. The van der Waals surface area contributed by atoms with Gasteiger partial charge in [-0.1, -0.05) is 132 Å². The van der Waals surface area contributed by atoms with E-state index in [-0.39, 0.29) is 21.7 Å². The molecule has 4 aromatic carbocycles. The summed E-state index contributed by atoms with van der Waals surface area (Å²) in [6.07, 6.45) is -0.766. The van der Waals surface area contributed by atoms with Gasteiger partial charge in [0.15, 0.2) is 0 Å². The van der Waals surface area contributed by atoms with Crippen molar-refractivity contribution in [2.24, 2.45) is 0 Å². The topological polar surface area (TPSA) is 55.3 Å². The van der Waals surface area contributed by atoms with E-state index in [0.29, 0.717) is 0 Å². The summed E-state index contributed by atoms with van der Waals surface area (Å²) < 4.78 is 5.90. The van der Waals surface area contributed by atoms with Crippen molar-refractivity contribution in [3.63, 3.8) is 0 Å². The van der Waals surface area contributed by atoms with Gasteiger partial charge in [-0.25, -0.2) is 0 Å². The van der Waals surface area contributed by atoms with E-state index in [4.69, 9.17) is 4.52 Å². The van der Waals surface area contributed by atoms with Crippen LogP contribution >= 0.6 is 8.60 Å². The molecule has 0 fully saturated rings. The zero-order valence-electron chi connectivity index (χ0n) is 27.0. The number of hydrogen-bond acceptors (Lipinski definition) is 3. The summed E-state index contributed by atoms with van der Waals surface area (Å²) in [5, 5.41) is 4.45. The van der Waals surface area contributed by atoms with E-state index < -0.39 is 14.7 Å². The average molecular weight is 571 g/mol. The van der Waals surface area contributed by atoms with Gasteiger partial charge < -0.3 is 14.3 Å². The minimum atomic E-state index is -3.11. The molecule has 220 valence electrons. The van der Waals surface area contributed by atoms with Crippen molar-refractivity contribution < 1.29 is 14.3 Å². The van der Waals surface area contributed by atoms with E-state index >= 15 is 0 Å². The molecule has 41 heavy (non-hydrogen) atoms. The van der Waals surface area contributed by atoms with Crippen LogP contribution in [0, 0.1) is 0 Å². The fraction of sp³-hybridized carbons (Fsp3) is 0.459. The molecule has 4 aromatic rings. The van der Waals surface area contributed by atoms with Crippen LogP contribution in [0.1, 0.15) is 123 Å². The smallest absolute Gasteiger partial charge is 0.109 e. The van der Waals surface area contributed by atoms with Gasteiger partial charge in [-0.15, -0.1) is 0 Å². The first-order chi connectivity index (χ1) is 18.7. The molecule has 0 heterocycles. The summed E-state index contributed by atoms with van der Waals surface area (Å²) in [5.41, 5.74) is 6.08. The second-order valence-corrected chi connectivity index (χ2v) is 16.4. The maximum Gasteiger partial charge on any atom is 0.109 e. The molecule has 0 unspecified atom stereocenters. The number of rotatable bonds is 4. The van der Waals surface area contributed by atoms with Crippen LogP contribution in [-0.2, 0) is 26.2 Å². The molecule has 0 radical (unpaired) electrons. The van der Waals surface area contributed by atoms with E-state index in [0.717, 1.165) is 43.8 Å². The third-order valence-electron chi connectivity index (χ3n) is 8.12. The lowest BCUT2D eigenvalue weighted by Gasteiger charge is -2.39. The molecule has 0 N–H and O–H groups in total. The fourth-order valence-corrected chi connectivity index (χ4v) is 6.06. The Morgan fingerprint density at radius 3 is 1.15 bits per heavy atom. The minimum absolute atomic E-state index is 0.0287. The molecule has 0 aliphatic heterocycles. The Balaban J connectivity index is 2.06. The Bertz CT molecular complexity index is 1460. The summed E-state index contributed by atoms with van der Waals surface area (Å²) in [6, 6.07) is 22.0. The van der Waals surface area contributed by atoms with Crippen LogP contribution in [0.5, 0.6) is 0 Å². The molecule has 3 nitrogen and oxygen atoms in total. The summed E-state index contributed by atoms with van der Waals surface area (Å²) in [4.78, 5) is 24.7. The van der Waals surface area contributed by atoms with Gasteiger partial charge in [-0.2, -0.15) is 8.60 Å². The number of fused-ring (bicyclic) bond motifs is 2. The molecule has 0 saturated carbocycles. The first kappa shape index (κ1) is 31.6. The highest BCUT2D eigenvalue weighted by Gasteiger charge is 2.30. The van der Waals surface area contributed by atoms with Crippen LogP contribution in [0.3, 0.4) is 0 Å². The Labute approximate surface area is 249 Å². The molecule has 0 bridgehead atoms. The quantitative estimate of drug-likeness (QED) is 0.230. The van der Waals surface area contributed by atoms with E-state index in [1.807, 2.05) is 0 Å². The van der Waals surface area contributed by atoms with Crippen LogP contribution in [0.15, 0.2) is 60.7 Å². The third-order valence-corrected chi connectivity index (χ3v) is 8.50. The van der Waals surface area contributed by atoms with Gasteiger partial charge in [0, 0.05) is 0 Å². The van der Waals surface area contributed by atoms with Crippen molar-refractivity contribution in [1.29, 1.82) is 0 Å². The van der Waals surface area contributed by atoms with Gasteiger partial charge in [0.25, 0.3) is 0 Å². The lowest BCUT2D eigenvalue weighted by Crippen LogP contribution is -2.23. The predicted octanol–water partition coefficient (Wildman–Crippen LogP) is 9.24. The largest absolute Gasteiger partial charge is 0.820 e. The fourth-order valence-electron chi connectivity index (χ4n) is 5.66. The van der Waals surface area contributed by atoms with Crippen LogP contribution in [-0.4, -0.2) is 0 Å². The minimum Gasteiger partial charge on any atom is -0.820 e. The van der Waals surface area contributed by atoms with Crippen LogP contribution in [0.4, 0.5) is 0 Å². The maximum atomic E-state index is 12.3. The van der Waals surface area contributed by atoms with E-state index in [9.17, 15) is 9.79 Å². The molecule has 4 rings (SSSR count). The van der Waals surface area contributed by atoms with Gasteiger partial charge >= 0.3 is 0 Å². The van der Waals surface area contributed by atoms with Crippen LogP contribution in [0.25, 0.3) is 21.5 Å². The molecule has 0 saturated heterocycles. The van der Waals surface area contributed by atoms with Crippen molar-refractivity contribution in [3.8, 4) is 0 Å².